The molecular weight excluding hydrogens is 285 g/mol. The topological polar surface area (TPSA) is 20.7 Å². The van der Waals surface area contributed by atoms with Crippen LogP contribution in [-0.4, -0.2) is 9.55 Å². The molecule has 0 aliphatic rings. The smallest absolute Gasteiger partial charge is 0.184 e. The van der Waals surface area contributed by atoms with E-state index in [9.17, 15) is 13.2 Å². The Hall–Kier alpha value is -2.08. The molecule has 2 nitrogen and oxygen atoms in total. The van der Waals surface area contributed by atoms with E-state index in [2.05, 4.69) is 4.98 Å². The molecule has 1 heterocycles. The van der Waals surface area contributed by atoms with Crippen LogP contribution >= 0.6 is 12.2 Å². The minimum atomic E-state index is -0.966. The fourth-order valence-corrected chi connectivity index (χ4v) is 2.42. The second-order valence-corrected chi connectivity index (χ2v) is 4.79. The Kier molecular flexibility index (Phi) is 3.10. The van der Waals surface area contributed by atoms with E-state index in [1.165, 1.54) is 22.8 Å². The van der Waals surface area contributed by atoms with Crippen LogP contribution in [0.25, 0.3) is 11.0 Å². The largest absolute Gasteiger partial charge is 0.330 e. The van der Waals surface area contributed by atoms with Crippen molar-refractivity contribution < 1.29 is 13.2 Å². The first kappa shape index (κ1) is 12.9. The first-order valence-corrected chi connectivity index (χ1v) is 6.28. The number of aromatic amines is 1. The van der Waals surface area contributed by atoms with Crippen LogP contribution in [-0.2, 0) is 6.54 Å². The van der Waals surface area contributed by atoms with Gasteiger partial charge >= 0.3 is 0 Å². The Morgan fingerprint density at radius 3 is 2.65 bits per heavy atom. The summed E-state index contributed by atoms with van der Waals surface area (Å²) in [5.74, 6) is -2.30. The summed E-state index contributed by atoms with van der Waals surface area (Å²) in [5.41, 5.74) is 1.08. The number of hydrogen-bond donors (Lipinski definition) is 1. The van der Waals surface area contributed by atoms with E-state index in [4.69, 9.17) is 12.2 Å². The molecule has 3 rings (SSSR count). The standard InChI is InChI=1S/C14H9F3N2S/c15-9-3-1-2-8(6-9)7-19-13-11(18-14(19)20)5-4-10(16)12(13)17/h1-6H,7H2,(H,18,20). The molecule has 0 saturated carbocycles. The average molecular weight is 294 g/mol. The summed E-state index contributed by atoms with van der Waals surface area (Å²) in [5, 5.41) is 0. The number of nitrogens with one attached hydrogen (secondary N) is 1. The lowest BCUT2D eigenvalue weighted by Crippen LogP contribution is -2.02. The minimum absolute atomic E-state index is 0.0549. The number of rotatable bonds is 2. The first-order valence-electron chi connectivity index (χ1n) is 5.87. The third-order valence-corrected chi connectivity index (χ3v) is 3.38. The molecule has 2 aromatic carbocycles. The van der Waals surface area contributed by atoms with Crippen molar-refractivity contribution in [3.8, 4) is 0 Å². The molecule has 0 unspecified atom stereocenters. The van der Waals surface area contributed by atoms with Gasteiger partial charge in [0.2, 0.25) is 0 Å². The molecule has 0 amide bonds. The SMILES string of the molecule is Fc1cccc(Cn2c(=S)[nH]c3ccc(F)c(F)c32)c1. The number of aromatic nitrogens is 2. The molecule has 20 heavy (non-hydrogen) atoms. The molecule has 0 bridgehead atoms. The van der Waals surface area contributed by atoms with E-state index in [1.54, 1.807) is 12.1 Å². The quantitative estimate of drug-likeness (QED) is 0.704. The zero-order chi connectivity index (χ0) is 14.3. The lowest BCUT2D eigenvalue weighted by Gasteiger charge is -2.06. The van der Waals surface area contributed by atoms with Gasteiger partial charge in [0.15, 0.2) is 16.4 Å². The van der Waals surface area contributed by atoms with Crippen LogP contribution in [0.2, 0.25) is 0 Å². The molecule has 0 aliphatic carbocycles. The molecule has 1 N–H and O–H groups in total. The van der Waals surface area contributed by atoms with E-state index in [-0.39, 0.29) is 22.6 Å². The van der Waals surface area contributed by atoms with Crippen molar-refractivity contribution in [3.63, 3.8) is 0 Å². The van der Waals surface area contributed by atoms with E-state index in [0.717, 1.165) is 6.07 Å². The Bertz CT molecular complexity index is 851. The number of H-pyrrole nitrogens is 1. The monoisotopic (exact) mass is 294 g/mol. The summed E-state index contributed by atoms with van der Waals surface area (Å²) in [6.45, 7) is 0.164. The Morgan fingerprint density at radius 2 is 1.90 bits per heavy atom. The zero-order valence-electron chi connectivity index (χ0n) is 10.2. The number of fused-ring (bicyclic) bond motifs is 1. The highest BCUT2D eigenvalue weighted by Gasteiger charge is 2.14. The predicted octanol–water partition coefficient (Wildman–Crippen LogP) is 4.16. The fourth-order valence-electron chi connectivity index (χ4n) is 2.16. The molecule has 1 aromatic heterocycles. The van der Waals surface area contributed by atoms with Gasteiger partial charge in [-0.1, -0.05) is 12.1 Å². The summed E-state index contributed by atoms with van der Waals surface area (Å²) >= 11 is 5.11. The van der Waals surface area contributed by atoms with Crippen LogP contribution in [0.1, 0.15) is 5.56 Å². The molecule has 6 heteroatoms. The third kappa shape index (κ3) is 2.12. The van der Waals surface area contributed by atoms with Crippen molar-refractivity contribution in [2.24, 2.45) is 0 Å². The van der Waals surface area contributed by atoms with Crippen molar-refractivity contribution in [2.75, 3.05) is 0 Å². The zero-order valence-corrected chi connectivity index (χ0v) is 11.0. The van der Waals surface area contributed by atoms with Crippen molar-refractivity contribution >= 4 is 23.3 Å². The van der Waals surface area contributed by atoms with Gasteiger partial charge in [-0.2, -0.15) is 0 Å². The normalized spacial score (nSPS) is 11.2. The maximum Gasteiger partial charge on any atom is 0.184 e. The maximum absolute atomic E-state index is 13.9. The van der Waals surface area contributed by atoms with E-state index >= 15 is 0 Å². The number of benzene rings is 2. The molecule has 0 fully saturated rings. The molecule has 0 radical (unpaired) electrons. The average Bonchev–Trinajstić information content (AvgIpc) is 2.72. The Labute approximate surface area is 117 Å². The predicted molar refractivity (Wildman–Crippen MR) is 72.5 cm³/mol. The summed E-state index contributed by atoms with van der Waals surface area (Å²) < 4.78 is 42.1. The van der Waals surface area contributed by atoms with Crippen LogP contribution in [0.4, 0.5) is 13.2 Å². The summed E-state index contributed by atoms with van der Waals surface area (Å²) in [7, 11) is 0. The molecule has 102 valence electrons. The van der Waals surface area contributed by atoms with Crippen molar-refractivity contribution in [2.45, 2.75) is 6.54 Å². The van der Waals surface area contributed by atoms with Crippen molar-refractivity contribution in [1.82, 2.24) is 9.55 Å². The van der Waals surface area contributed by atoms with Crippen LogP contribution in [0.3, 0.4) is 0 Å². The van der Waals surface area contributed by atoms with Gasteiger partial charge in [0.1, 0.15) is 11.3 Å². The third-order valence-electron chi connectivity index (χ3n) is 3.06. The molecule has 0 atom stereocenters. The Morgan fingerprint density at radius 1 is 1.10 bits per heavy atom. The molecule has 3 aromatic rings. The molecule has 0 saturated heterocycles. The van der Waals surface area contributed by atoms with Crippen LogP contribution in [0, 0.1) is 22.2 Å². The highest BCUT2D eigenvalue weighted by Crippen LogP contribution is 2.21. The van der Waals surface area contributed by atoms with Crippen LogP contribution in [0.15, 0.2) is 36.4 Å². The lowest BCUT2D eigenvalue weighted by molar-refractivity contribution is 0.512. The van der Waals surface area contributed by atoms with Gasteiger partial charge in [0.05, 0.1) is 12.1 Å². The van der Waals surface area contributed by atoms with Gasteiger partial charge < -0.3 is 9.55 Å². The second kappa shape index (κ2) is 4.79. The summed E-state index contributed by atoms with van der Waals surface area (Å²) in [6.07, 6.45) is 0. The molecular formula is C14H9F3N2S. The summed E-state index contributed by atoms with van der Waals surface area (Å²) in [4.78, 5) is 2.81. The maximum atomic E-state index is 13.9. The molecule has 0 aliphatic heterocycles. The number of imidazole rings is 1. The van der Waals surface area contributed by atoms with Crippen LogP contribution in [0.5, 0.6) is 0 Å². The summed E-state index contributed by atoms with van der Waals surface area (Å²) in [6, 6.07) is 8.36. The molecule has 0 spiro atoms. The van der Waals surface area contributed by atoms with Crippen LogP contribution < -0.4 is 0 Å². The van der Waals surface area contributed by atoms with Gasteiger partial charge in [-0.3, -0.25) is 0 Å². The first-order chi connectivity index (χ1) is 9.56. The Balaban J connectivity index is 2.18. The van der Waals surface area contributed by atoms with Crippen molar-refractivity contribution in [3.05, 3.63) is 64.2 Å². The van der Waals surface area contributed by atoms with E-state index in [1.807, 2.05) is 0 Å². The van der Waals surface area contributed by atoms with Gasteiger partial charge in [-0.05, 0) is 42.0 Å². The van der Waals surface area contributed by atoms with Gasteiger partial charge in [0.25, 0.3) is 0 Å². The van der Waals surface area contributed by atoms with Crippen molar-refractivity contribution in [1.29, 1.82) is 0 Å². The number of hydrogen-bond acceptors (Lipinski definition) is 1. The van der Waals surface area contributed by atoms with E-state index in [0.29, 0.717) is 11.1 Å². The fraction of sp³-hybridized carbons (Fsp3) is 0.0714. The second-order valence-electron chi connectivity index (χ2n) is 4.40. The van der Waals surface area contributed by atoms with Gasteiger partial charge in [0, 0.05) is 0 Å². The lowest BCUT2D eigenvalue weighted by atomic mass is 10.2. The minimum Gasteiger partial charge on any atom is -0.330 e. The van der Waals surface area contributed by atoms with Gasteiger partial charge in [-0.25, -0.2) is 13.2 Å². The van der Waals surface area contributed by atoms with E-state index < -0.39 is 11.6 Å². The number of halogens is 3. The highest BCUT2D eigenvalue weighted by molar-refractivity contribution is 7.71. The van der Waals surface area contributed by atoms with Gasteiger partial charge in [-0.15, -0.1) is 0 Å². The number of nitrogens with zero attached hydrogens (tertiary/aromatic N) is 1. The highest BCUT2D eigenvalue weighted by atomic mass is 32.1.